The number of hydrogen-bond acceptors (Lipinski definition) is 3. The number of fused-ring (bicyclic) bond motifs is 1. The van der Waals surface area contributed by atoms with Gasteiger partial charge in [-0.3, -0.25) is 14.4 Å². The van der Waals surface area contributed by atoms with Gasteiger partial charge in [0.25, 0.3) is 5.91 Å². The summed E-state index contributed by atoms with van der Waals surface area (Å²) in [4.78, 5) is 28.7. The van der Waals surface area contributed by atoms with Crippen molar-refractivity contribution in [1.29, 1.82) is 0 Å². The second-order valence-corrected chi connectivity index (χ2v) is 7.01. The largest absolute Gasteiger partial charge is 0.299 e. The molecule has 124 valence electrons. The van der Waals surface area contributed by atoms with E-state index in [0.717, 1.165) is 24.3 Å². The van der Waals surface area contributed by atoms with Gasteiger partial charge in [-0.15, -0.1) is 0 Å². The molecule has 2 aliphatic carbocycles. The minimum Gasteiger partial charge on any atom is -0.299 e. The summed E-state index contributed by atoms with van der Waals surface area (Å²) in [5.41, 5.74) is -1.90. The van der Waals surface area contributed by atoms with E-state index in [1.807, 2.05) is 6.92 Å². The summed E-state index contributed by atoms with van der Waals surface area (Å²) in [6.45, 7) is 3.56. The quantitative estimate of drug-likeness (QED) is 0.592. The summed E-state index contributed by atoms with van der Waals surface area (Å²) < 4.78 is 15.3. The second kappa shape index (κ2) is 6.11. The van der Waals surface area contributed by atoms with Crippen LogP contribution in [0.25, 0.3) is 0 Å². The molecular formula is C17H26FNO3. The molecule has 0 aromatic rings. The molecule has 0 N–H and O–H groups in total. The number of hydrogen-bond donors (Lipinski definition) is 0. The SMILES string of the molecule is CON(C)C(=O)/C=C/[C@@](C)(F)[C@H]1CC[C@H]2C(=O)CCC[C@@]21C. The van der Waals surface area contributed by atoms with Crippen LogP contribution < -0.4 is 0 Å². The third-order valence-corrected chi connectivity index (χ3v) is 5.68. The fourth-order valence-corrected chi connectivity index (χ4v) is 4.40. The first-order valence-corrected chi connectivity index (χ1v) is 7.95. The Bertz CT molecular complexity index is 488. The Morgan fingerprint density at radius 3 is 2.82 bits per heavy atom. The average molecular weight is 311 g/mol. The molecule has 2 aliphatic rings. The van der Waals surface area contributed by atoms with Gasteiger partial charge in [0.15, 0.2) is 0 Å². The maximum absolute atomic E-state index is 15.3. The van der Waals surface area contributed by atoms with Crippen LogP contribution in [0.1, 0.15) is 46.0 Å². The molecule has 1 amide bonds. The number of hydroxylamine groups is 2. The van der Waals surface area contributed by atoms with Crippen LogP contribution in [0.15, 0.2) is 12.2 Å². The van der Waals surface area contributed by atoms with Crippen molar-refractivity contribution in [3.63, 3.8) is 0 Å². The number of allylic oxidation sites excluding steroid dienone is 1. The molecule has 4 nitrogen and oxygen atoms in total. The first kappa shape index (κ1) is 17.1. The number of ketones is 1. The van der Waals surface area contributed by atoms with E-state index in [0.29, 0.717) is 12.8 Å². The monoisotopic (exact) mass is 311 g/mol. The Morgan fingerprint density at radius 2 is 2.18 bits per heavy atom. The van der Waals surface area contributed by atoms with Crippen LogP contribution in [-0.2, 0) is 14.4 Å². The fraction of sp³-hybridized carbons (Fsp3) is 0.765. The molecule has 0 bridgehead atoms. The number of Topliss-reactive ketones (excluding diaryl/α,β-unsaturated/α-hetero) is 1. The van der Waals surface area contributed by atoms with Crippen molar-refractivity contribution in [3.05, 3.63) is 12.2 Å². The number of rotatable bonds is 4. The zero-order valence-corrected chi connectivity index (χ0v) is 13.9. The summed E-state index contributed by atoms with van der Waals surface area (Å²) >= 11 is 0. The van der Waals surface area contributed by atoms with E-state index >= 15 is 4.39 Å². The van der Waals surface area contributed by atoms with Crippen molar-refractivity contribution >= 4 is 11.7 Å². The first-order chi connectivity index (χ1) is 10.2. The van der Waals surface area contributed by atoms with Crippen LogP contribution in [-0.4, -0.2) is 36.6 Å². The van der Waals surface area contributed by atoms with Gasteiger partial charge in [0.1, 0.15) is 11.5 Å². The standard InChI is InChI=1S/C17H26FNO3/c1-16-10-5-6-13(20)12(16)7-8-14(16)17(2,18)11-9-15(21)19(3)22-4/h9,11-12,14H,5-8,10H2,1-4H3/b11-9+/t12-,14-,16-,17+/m0/s1. The zero-order valence-electron chi connectivity index (χ0n) is 13.9. The Hall–Kier alpha value is -1.23. The van der Waals surface area contributed by atoms with Crippen LogP contribution in [0.2, 0.25) is 0 Å². The first-order valence-electron chi connectivity index (χ1n) is 7.95. The predicted octanol–water partition coefficient (Wildman–Crippen LogP) is 3.08. The lowest BCUT2D eigenvalue weighted by molar-refractivity contribution is -0.162. The van der Waals surface area contributed by atoms with E-state index in [9.17, 15) is 9.59 Å². The van der Waals surface area contributed by atoms with E-state index in [-0.39, 0.29) is 23.0 Å². The normalized spacial score (nSPS) is 34.5. The molecular weight excluding hydrogens is 285 g/mol. The third-order valence-electron chi connectivity index (χ3n) is 5.68. The highest BCUT2D eigenvalue weighted by Gasteiger charge is 2.56. The minimum absolute atomic E-state index is 0.0212. The molecule has 0 aliphatic heterocycles. The van der Waals surface area contributed by atoms with Gasteiger partial charge in [-0.05, 0) is 44.1 Å². The van der Waals surface area contributed by atoms with Gasteiger partial charge in [0.2, 0.25) is 0 Å². The van der Waals surface area contributed by atoms with Crippen molar-refractivity contribution in [3.8, 4) is 0 Å². The molecule has 0 aromatic carbocycles. The summed E-state index contributed by atoms with van der Waals surface area (Å²) in [5.74, 6) is -0.366. The van der Waals surface area contributed by atoms with E-state index in [1.54, 1.807) is 0 Å². The van der Waals surface area contributed by atoms with Crippen LogP contribution in [0.3, 0.4) is 0 Å². The molecule has 2 fully saturated rings. The summed E-state index contributed by atoms with van der Waals surface area (Å²) in [7, 11) is 2.87. The molecule has 2 saturated carbocycles. The minimum atomic E-state index is -1.61. The van der Waals surface area contributed by atoms with Crippen molar-refractivity contribution < 1.29 is 18.8 Å². The number of alkyl halides is 1. The molecule has 2 rings (SSSR count). The van der Waals surface area contributed by atoms with E-state index in [2.05, 4.69) is 0 Å². The van der Waals surface area contributed by atoms with Crippen LogP contribution in [0.5, 0.6) is 0 Å². The Kier molecular flexibility index (Phi) is 4.76. The number of nitrogens with zero attached hydrogens (tertiary/aromatic N) is 1. The molecule has 22 heavy (non-hydrogen) atoms. The topological polar surface area (TPSA) is 46.6 Å². The summed E-state index contributed by atoms with van der Waals surface area (Å²) in [5, 5.41) is 1.05. The van der Waals surface area contributed by atoms with E-state index in [4.69, 9.17) is 4.84 Å². The molecule has 0 saturated heterocycles. The van der Waals surface area contributed by atoms with Gasteiger partial charge in [0, 0.05) is 31.4 Å². The van der Waals surface area contributed by atoms with E-state index < -0.39 is 11.6 Å². The van der Waals surface area contributed by atoms with Gasteiger partial charge in [-0.25, -0.2) is 9.45 Å². The van der Waals surface area contributed by atoms with Crippen molar-refractivity contribution in [2.45, 2.75) is 51.6 Å². The van der Waals surface area contributed by atoms with Crippen LogP contribution in [0.4, 0.5) is 4.39 Å². The van der Waals surface area contributed by atoms with Gasteiger partial charge in [-0.2, -0.15) is 0 Å². The molecule has 0 heterocycles. The Morgan fingerprint density at radius 1 is 1.50 bits per heavy atom. The lowest BCUT2D eigenvalue weighted by Gasteiger charge is -2.43. The average Bonchev–Trinajstić information content (AvgIpc) is 2.83. The molecule has 0 aromatic heterocycles. The van der Waals surface area contributed by atoms with Crippen LogP contribution >= 0.6 is 0 Å². The number of amides is 1. The zero-order chi connectivity index (χ0) is 16.5. The number of likely N-dealkylation sites (N-methyl/N-ethyl adjacent to an activating group) is 1. The molecule has 4 atom stereocenters. The smallest absolute Gasteiger partial charge is 0.269 e. The van der Waals surface area contributed by atoms with Gasteiger partial charge in [-0.1, -0.05) is 6.92 Å². The lowest BCUT2D eigenvalue weighted by Crippen LogP contribution is -2.44. The maximum atomic E-state index is 15.3. The number of carbonyl (C=O) groups excluding carboxylic acids is 2. The van der Waals surface area contributed by atoms with Gasteiger partial charge >= 0.3 is 0 Å². The number of halogens is 1. The van der Waals surface area contributed by atoms with Crippen molar-refractivity contribution in [1.82, 2.24) is 5.06 Å². The molecule has 0 spiro atoms. The second-order valence-electron chi connectivity index (χ2n) is 7.01. The van der Waals surface area contributed by atoms with Crippen molar-refractivity contribution in [2.75, 3.05) is 14.2 Å². The van der Waals surface area contributed by atoms with E-state index in [1.165, 1.54) is 33.2 Å². The highest BCUT2D eigenvalue weighted by Crippen LogP contribution is 2.58. The summed E-state index contributed by atoms with van der Waals surface area (Å²) in [6, 6.07) is 0. The van der Waals surface area contributed by atoms with Gasteiger partial charge in [0.05, 0.1) is 7.11 Å². The van der Waals surface area contributed by atoms with Crippen molar-refractivity contribution in [2.24, 2.45) is 17.3 Å². The lowest BCUT2D eigenvalue weighted by atomic mass is 9.61. The maximum Gasteiger partial charge on any atom is 0.269 e. The molecule has 5 heteroatoms. The predicted molar refractivity (Wildman–Crippen MR) is 81.6 cm³/mol. The highest BCUT2D eigenvalue weighted by atomic mass is 19.1. The fourth-order valence-electron chi connectivity index (χ4n) is 4.40. The Balaban J connectivity index is 2.17. The molecule has 0 radical (unpaired) electrons. The van der Waals surface area contributed by atoms with Crippen LogP contribution in [0, 0.1) is 17.3 Å². The molecule has 0 unspecified atom stereocenters. The highest BCUT2D eigenvalue weighted by molar-refractivity contribution is 5.86. The van der Waals surface area contributed by atoms with Gasteiger partial charge < -0.3 is 0 Å². The Labute approximate surface area is 131 Å². The number of carbonyl (C=O) groups is 2. The third kappa shape index (κ3) is 2.96. The summed E-state index contributed by atoms with van der Waals surface area (Å²) in [6.07, 6.45) is 6.37.